The molecule has 0 amide bonds. The van der Waals surface area contributed by atoms with Crippen molar-refractivity contribution in [1.82, 2.24) is 0 Å². The van der Waals surface area contributed by atoms with E-state index in [-0.39, 0.29) is 5.41 Å². The molecule has 0 aromatic heterocycles. The largest absolute Gasteiger partial charge is 0.120 e. The van der Waals surface area contributed by atoms with E-state index in [1.165, 1.54) is 0 Å². The van der Waals surface area contributed by atoms with Gasteiger partial charge in [-0.15, -0.1) is 12.3 Å². The van der Waals surface area contributed by atoms with Gasteiger partial charge in [-0.3, -0.25) is 0 Å². The van der Waals surface area contributed by atoms with Crippen molar-refractivity contribution in [3.63, 3.8) is 0 Å². The van der Waals surface area contributed by atoms with Crippen LogP contribution in [0.2, 0.25) is 0 Å². The lowest BCUT2D eigenvalue weighted by atomic mass is 10.00. The number of rotatable bonds is 0. The average Bonchev–Trinajstić information content (AvgIpc) is 1.35. The summed E-state index contributed by atoms with van der Waals surface area (Å²) in [5.41, 5.74) is 0.0694. The second-order valence-electron chi connectivity index (χ2n) is 2.39. The summed E-state index contributed by atoms with van der Waals surface area (Å²) in [6, 6.07) is 0. The molecule has 0 radical (unpaired) electrons. The highest BCUT2D eigenvalue weighted by molar-refractivity contribution is 4.96. The molecular weight excluding hydrogens is 73.1 g/mol. The Morgan fingerprint density at radius 1 is 1.33 bits per heavy atom. The summed E-state index contributed by atoms with van der Waals surface area (Å²) in [7, 11) is 0. The summed E-state index contributed by atoms with van der Waals surface area (Å²) in [6.45, 7) is 6.02. The molecule has 34 valence electrons. The number of hydrogen-bond acceptors (Lipinski definition) is 0. The minimum atomic E-state index is 0.0694. The van der Waals surface area contributed by atoms with E-state index in [4.69, 9.17) is 6.42 Å². The lowest BCUT2D eigenvalue weighted by molar-refractivity contribution is 0.571. The molecule has 0 unspecified atom stereocenters. The molecule has 0 bridgehead atoms. The zero-order valence-electron chi connectivity index (χ0n) is 4.58. The Balaban J connectivity index is 3.55. The molecule has 0 aromatic rings. The zero-order chi connectivity index (χ0) is 5.21. The van der Waals surface area contributed by atoms with E-state index in [2.05, 4.69) is 5.92 Å². The molecule has 0 saturated heterocycles. The van der Waals surface area contributed by atoms with Crippen molar-refractivity contribution in [3.8, 4) is 12.3 Å². The van der Waals surface area contributed by atoms with Gasteiger partial charge in [-0.05, 0) is 20.8 Å². The smallest absolute Gasteiger partial charge is 0.0227 e. The fourth-order valence-electron chi connectivity index (χ4n) is 0. The van der Waals surface area contributed by atoms with Gasteiger partial charge in [0.25, 0.3) is 0 Å². The highest BCUT2D eigenvalue weighted by atomic mass is 14.1. The van der Waals surface area contributed by atoms with Crippen LogP contribution in [0.4, 0.5) is 0 Å². The molecule has 0 spiro atoms. The molecule has 0 aliphatic carbocycles. The second-order valence-corrected chi connectivity index (χ2v) is 2.39. The van der Waals surface area contributed by atoms with Crippen molar-refractivity contribution >= 4 is 0 Å². The van der Waals surface area contributed by atoms with Gasteiger partial charge in [-0.2, -0.15) is 0 Å². The van der Waals surface area contributed by atoms with E-state index in [0.717, 1.165) is 0 Å². The first kappa shape index (κ1) is 5.56. The molecule has 0 rings (SSSR count). The maximum atomic E-state index is 5.06. The maximum Gasteiger partial charge on any atom is 0.0227 e. The maximum absolute atomic E-state index is 5.06. The van der Waals surface area contributed by atoms with Crippen molar-refractivity contribution in [2.75, 3.05) is 0 Å². The molecule has 0 aromatic carbocycles. The molecular formula is C6H10. The van der Waals surface area contributed by atoms with Crippen molar-refractivity contribution in [2.45, 2.75) is 20.8 Å². The minimum Gasteiger partial charge on any atom is -0.120 e. The quantitative estimate of drug-likeness (QED) is 0.308. The Labute approximate surface area is 39.6 Å². The van der Waals surface area contributed by atoms with Crippen molar-refractivity contribution < 1.29 is 0 Å². The molecule has 0 atom stereocenters. The van der Waals surface area contributed by atoms with Crippen LogP contribution in [-0.2, 0) is 0 Å². The van der Waals surface area contributed by atoms with E-state index < -0.39 is 0 Å². The molecule has 0 saturated carbocycles. The molecule has 6 heavy (non-hydrogen) atoms. The SMILES string of the molecule is CC(C)(C)C#[13CH]. The van der Waals surface area contributed by atoms with E-state index in [9.17, 15) is 0 Å². The van der Waals surface area contributed by atoms with E-state index in [1.807, 2.05) is 20.8 Å². The third kappa shape index (κ3) is 3.56. The Hall–Kier alpha value is -0.440. The predicted octanol–water partition coefficient (Wildman–Crippen LogP) is 1.67. The third-order valence-corrected chi connectivity index (χ3v) is 0.433. The molecule has 0 heteroatoms. The van der Waals surface area contributed by atoms with Gasteiger partial charge in [-0.25, -0.2) is 0 Å². The second kappa shape index (κ2) is 1.34. The molecule has 0 N–H and O–H groups in total. The van der Waals surface area contributed by atoms with Crippen LogP contribution in [0.3, 0.4) is 0 Å². The predicted molar refractivity (Wildman–Crippen MR) is 28.3 cm³/mol. The molecule has 0 fully saturated rings. The molecule has 0 nitrogen and oxygen atoms in total. The lowest BCUT2D eigenvalue weighted by Gasteiger charge is -2.04. The van der Waals surface area contributed by atoms with Crippen LogP contribution in [0.25, 0.3) is 0 Å². The number of terminal acetylenes is 1. The standard InChI is InChI=1S/C6H10/c1-5-6(2,3)4/h1H,2-4H3/i1+1. The molecule has 0 aliphatic heterocycles. The first-order valence-electron chi connectivity index (χ1n) is 2.04. The van der Waals surface area contributed by atoms with Gasteiger partial charge < -0.3 is 0 Å². The van der Waals surface area contributed by atoms with E-state index >= 15 is 0 Å². The highest BCUT2D eigenvalue weighted by Gasteiger charge is 2.00. The Morgan fingerprint density at radius 3 is 1.50 bits per heavy atom. The Morgan fingerprint density at radius 2 is 1.50 bits per heavy atom. The lowest BCUT2D eigenvalue weighted by Crippen LogP contribution is -1.97. The van der Waals surface area contributed by atoms with Gasteiger partial charge in [-0.1, -0.05) is 0 Å². The first-order chi connectivity index (χ1) is 2.56. The zero-order valence-corrected chi connectivity index (χ0v) is 4.58. The van der Waals surface area contributed by atoms with Gasteiger partial charge in [0, 0.05) is 5.41 Å². The fourth-order valence-corrected chi connectivity index (χ4v) is 0. The Kier molecular flexibility index (Phi) is 1.24. The van der Waals surface area contributed by atoms with Gasteiger partial charge in [0.15, 0.2) is 0 Å². The minimum absolute atomic E-state index is 0.0694. The van der Waals surface area contributed by atoms with Crippen molar-refractivity contribution in [3.05, 3.63) is 0 Å². The van der Waals surface area contributed by atoms with Crippen LogP contribution < -0.4 is 0 Å². The van der Waals surface area contributed by atoms with Crippen LogP contribution in [0.15, 0.2) is 0 Å². The normalized spacial score (nSPS) is 10.3. The average molecular weight is 83.1 g/mol. The van der Waals surface area contributed by atoms with Crippen LogP contribution in [0.5, 0.6) is 0 Å². The van der Waals surface area contributed by atoms with Crippen LogP contribution in [0, 0.1) is 17.8 Å². The molecule has 0 aliphatic rings. The number of hydrogen-bond donors (Lipinski definition) is 0. The monoisotopic (exact) mass is 83.1 g/mol. The summed E-state index contributed by atoms with van der Waals surface area (Å²) in [6.07, 6.45) is 5.06. The van der Waals surface area contributed by atoms with Gasteiger partial charge in [0.2, 0.25) is 0 Å². The summed E-state index contributed by atoms with van der Waals surface area (Å²) < 4.78 is 0. The van der Waals surface area contributed by atoms with Crippen LogP contribution >= 0.6 is 0 Å². The van der Waals surface area contributed by atoms with Crippen molar-refractivity contribution in [2.24, 2.45) is 5.41 Å². The summed E-state index contributed by atoms with van der Waals surface area (Å²) in [4.78, 5) is 0. The van der Waals surface area contributed by atoms with E-state index in [0.29, 0.717) is 0 Å². The van der Waals surface area contributed by atoms with Crippen LogP contribution in [-0.4, -0.2) is 0 Å². The fraction of sp³-hybridized carbons (Fsp3) is 0.667. The summed E-state index contributed by atoms with van der Waals surface area (Å²) in [5, 5.41) is 0. The topological polar surface area (TPSA) is 0 Å². The Bertz CT molecular complexity index is 67.0. The van der Waals surface area contributed by atoms with E-state index in [1.54, 1.807) is 0 Å². The summed E-state index contributed by atoms with van der Waals surface area (Å²) >= 11 is 0. The van der Waals surface area contributed by atoms with Gasteiger partial charge >= 0.3 is 0 Å². The van der Waals surface area contributed by atoms with Crippen LogP contribution in [0.1, 0.15) is 20.8 Å². The van der Waals surface area contributed by atoms with Crippen molar-refractivity contribution in [1.29, 1.82) is 0 Å². The third-order valence-electron chi connectivity index (χ3n) is 0.433. The highest BCUT2D eigenvalue weighted by Crippen LogP contribution is 2.08. The first-order valence-corrected chi connectivity index (χ1v) is 2.04. The van der Waals surface area contributed by atoms with Gasteiger partial charge in [0.05, 0.1) is 0 Å². The molecule has 0 heterocycles. The summed E-state index contributed by atoms with van der Waals surface area (Å²) in [5.74, 6) is 2.60. The van der Waals surface area contributed by atoms with Gasteiger partial charge in [0.1, 0.15) is 0 Å².